The zero-order valence-corrected chi connectivity index (χ0v) is 13.3. The Hall–Kier alpha value is -0.670. The molecule has 0 saturated heterocycles. The second-order valence-corrected chi connectivity index (χ2v) is 6.76. The first kappa shape index (κ1) is 14.7. The highest BCUT2D eigenvalue weighted by atomic mass is 32.2. The number of benzene rings is 1. The molecule has 0 spiro atoms. The van der Waals surface area contributed by atoms with Gasteiger partial charge in [0.15, 0.2) is 0 Å². The van der Waals surface area contributed by atoms with Crippen molar-refractivity contribution in [3.05, 3.63) is 29.8 Å². The standard InChI is InChI=1S/C16H26N2S/c1-12(17-15-6-5-7-16(15)19-4)13-8-10-14(11-9-13)18(2)3/h8-12,15-17H,5-7H2,1-4H3. The summed E-state index contributed by atoms with van der Waals surface area (Å²) in [5.74, 6) is 0. The monoisotopic (exact) mass is 278 g/mol. The van der Waals surface area contributed by atoms with Crippen LogP contribution in [0.4, 0.5) is 5.69 Å². The lowest BCUT2D eigenvalue weighted by molar-refractivity contribution is 0.467. The molecule has 0 radical (unpaired) electrons. The van der Waals surface area contributed by atoms with E-state index >= 15 is 0 Å². The van der Waals surface area contributed by atoms with Crippen LogP contribution < -0.4 is 10.2 Å². The highest BCUT2D eigenvalue weighted by Crippen LogP contribution is 2.30. The Morgan fingerprint density at radius 2 is 1.89 bits per heavy atom. The average molecular weight is 278 g/mol. The third-order valence-electron chi connectivity index (χ3n) is 4.13. The molecule has 1 aromatic rings. The molecule has 2 rings (SSSR count). The van der Waals surface area contributed by atoms with E-state index in [0.29, 0.717) is 12.1 Å². The lowest BCUT2D eigenvalue weighted by Gasteiger charge is -2.24. The van der Waals surface area contributed by atoms with Crippen LogP contribution >= 0.6 is 11.8 Å². The average Bonchev–Trinajstić information content (AvgIpc) is 2.86. The summed E-state index contributed by atoms with van der Waals surface area (Å²) in [7, 11) is 4.16. The van der Waals surface area contributed by atoms with E-state index in [4.69, 9.17) is 0 Å². The fourth-order valence-corrected chi connectivity index (χ4v) is 3.82. The fraction of sp³-hybridized carbons (Fsp3) is 0.625. The molecule has 0 amide bonds. The van der Waals surface area contributed by atoms with Crippen LogP contribution in [-0.4, -0.2) is 31.6 Å². The minimum absolute atomic E-state index is 0.439. The second kappa shape index (κ2) is 6.67. The first-order valence-electron chi connectivity index (χ1n) is 7.18. The molecular weight excluding hydrogens is 252 g/mol. The molecular formula is C16H26N2S. The molecule has 1 N–H and O–H groups in total. The number of thioether (sulfide) groups is 1. The van der Waals surface area contributed by atoms with Crippen molar-refractivity contribution in [2.24, 2.45) is 0 Å². The van der Waals surface area contributed by atoms with Gasteiger partial charge in [0.25, 0.3) is 0 Å². The quantitative estimate of drug-likeness (QED) is 0.884. The van der Waals surface area contributed by atoms with Crippen LogP contribution in [0.5, 0.6) is 0 Å². The molecule has 3 unspecified atom stereocenters. The molecule has 2 nitrogen and oxygen atoms in total. The van der Waals surface area contributed by atoms with Crippen LogP contribution in [0.25, 0.3) is 0 Å². The van der Waals surface area contributed by atoms with Crippen molar-refractivity contribution in [3.8, 4) is 0 Å². The van der Waals surface area contributed by atoms with E-state index < -0.39 is 0 Å². The summed E-state index contributed by atoms with van der Waals surface area (Å²) < 4.78 is 0. The first-order valence-corrected chi connectivity index (χ1v) is 8.46. The number of nitrogens with zero attached hydrogens (tertiary/aromatic N) is 1. The van der Waals surface area contributed by atoms with Crippen molar-refractivity contribution in [2.75, 3.05) is 25.3 Å². The molecule has 0 bridgehead atoms. The van der Waals surface area contributed by atoms with Crippen molar-refractivity contribution < 1.29 is 0 Å². The number of anilines is 1. The third-order valence-corrected chi connectivity index (χ3v) is 5.30. The minimum Gasteiger partial charge on any atom is -0.378 e. The van der Waals surface area contributed by atoms with Crippen LogP contribution in [0, 0.1) is 0 Å². The maximum atomic E-state index is 3.81. The Balaban J connectivity index is 1.97. The fourth-order valence-electron chi connectivity index (χ4n) is 2.88. The number of rotatable bonds is 5. The Morgan fingerprint density at radius 3 is 2.47 bits per heavy atom. The van der Waals surface area contributed by atoms with Gasteiger partial charge in [-0.15, -0.1) is 0 Å². The summed E-state index contributed by atoms with van der Waals surface area (Å²) in [4.78, 5) is 2.14. The molecule has 106 valence electrons. The smallest absolute Gasteiger partial charge is 0.0361 e. The van der Waals surface area contributed by atoms with Gasteiger partial charge in [-0.25, -0.2) is 0 Å². The first-order chi connectivity index (χ1) is 9.11. The van der Waals surface area contributed by atoms with Crippen molar-refractivity contribution in [2.45, 2.75) is 43.5 Å². The summed E-state index contributed by atoms with van der Waals surface area (Å²) in [6, 6.07) is 10.0. The van der Waals surface area contributed by atoms with Gasteiger partial charge in [-0.1, -0.05) is 18.6 Å². The van der Waals surface area contributed by atoms with Crippen LogP contribution in [-0.2, 0) is 0 Å². The molecule has 1 fully saturated rings. The van der Waals surface area contributed by atoms with Gasteiger partial charge in [-0.3, -0.25) is 0 Å². The van der Waals surface area contributed by atoms with Gasteiger partial charge >= 0.3 is 0 Å². The van der Waals surface area contributed by atoms with Crippen LogP contribution in [0.1, 0.15) is 37.8 Å². The van der Waals surface area contributed by atoms with Gasteiger partial charge in [-0.2, -0.15) is 11.8 Å². The van der Waals surface area contributed by atoms with Gasteiger partial charge in [0.05, 0.1) is 0 Å². The maximum Gasteiger partial charge on any atom is 0.0361 e. The minimum atomic E-state index is 0.439. The van der Waals surface area contributed by atoms with E-state index in [9.17, 15) is 0 Å². The molecule has 0 aromatic heterocycles. The van der Waals surface area contributed by atoms with E-state index in [1.54, 1.807) is 0 Å². The zero-order chi connectivity index (χ0) is 13.8. The van der Waals surface area contributed by atoms with E-state index in [-0.39, 0.29) is 0 Å². The Kier molecular flexibility index (Phi) is 5.17. The lowest BCUT2D eigenvalue weighted by atomic mass is 10.1. The maximum absolute atomic E-state index is 3.81. The van der Waals surface area contributed by atoms with E-state index in [2.05, 4.69) is 61.8 Å². The summed E-state index contributed by atoms with van der Waals surface area (Å²) >= 11 is 2.01. The highest BCUT2D eigenvalue weighted by molar-refractivity contribution is 7.99. The predicted octanol–water partition coefficient (Wildman–Crippen LogP) is 3.69. The van der Waals surface area contributed by atoms with Gasteiger partial charge in [0.2, 0.25) is 0 Å². The summed E-state index contributed by atoms with van der Waals surface area (Å²) in [6.45, 7) is 2.28. The molecule has 0 heterocycles. The number of nitrogens with one attached hydrogen (secondary N) is 1. The van der Waals surface area contributed by atoms with Crippen molar-refractivity contribution in [1.82, 2.24) is 5.32 Å². The Bertz CT molecular complexity index is 388. The molecule has 1 aliphatic rings. The molecule has 19 heavy (non-hydrogen) atoms. The number of hydrogen-bond donors (Lipinski definition) is 1. The second-order valence-electron chi connectivity index (χ2n) is 5.69. The SMILES string of the molecule is CSC1CCCC1NC(C)c1ccc(N(C)C)cc1. The zero-order valence-electron chi connectivity index (χ0n) is 12.5. The normalized spacial score (nSPS) is 24.4. The molecule has 1 aliphatic carbocycles. The van der Waals surface area contributed by atoms with Gasteiger partial charge in [0, 0.05) is 37.1 Å². The largest absolute Gasteiger partial charge is 0.378 e. The predicted molar refractivity (Wildman–Crippen MR) is 87.3 cm³/mol. The van der Waals surface area contributed by atoms with Crippen LogP contribution in [0.15, 0.2) is 24.3 Å². The van der Waals surface area contributed by atoms with Crippen LogP contribution in [0.3, 0.4) is 0 Å². The topological polar surface area (TPSA) is 15.3 Å². The lowest BCUT2D eigenvalue weighted by Crippen LogP contribution is -2.35. The van der Waals surface area contributed by atoms with Gasteiger partial charge in [-0.05, 0) is 43.7 Å². The third kappa shape index (κ3) is 3.67. The number of hydrogen-bond acceptors (Lipinski definition) is 3. The molecule has 1 aromatic carbocycles. The molecule has 1 saturated carbocycles. The highest BCUT2D eigenvalue weighted by Gasteiger charge is 2.27. The van der Waals surface area contributed by atoms with E-state index in [1.165, 1.54) is 30.5 Å². The molecule has 0 aliphatic heterocycles. The Labute approximate surface area is 122 Å². The van der Waals surface area contributed by atoms with Gasteiger partial charge < -0.3 is 10.2 Å². The summed E-state index contributed by atoms with van der Waals surface area (Å²) in [6.07, 6.45) is 6.30. The molecule has 3 atom stereocenters. The van der Waals surface area contributed by atoms with Crippen molar-refractivity contribution >= 4 is 17.4 Å². The van der Waals surface area contributed by atoms with Crippen molar-refractivity contribution in [3.63, 3.8) is 0 Å². The van der Waals surface area contributed by atoms with Gasteiger partial charge in [0.1, 0.15) is 0 Å². The molecule has 3 heteroatoms. The summed E-state index contributed by atoms with van der Waals surface area (Å²) in [5, 5.41) is 4.61. The van der Waals surface area contributed by atoms with E-state index in [0.717, 1.165) is 5.25 Å². The van der Waals surface area contributed by atoms with E-state index in [1.807, 2.05) is 11.8 Å². The summed E-state index contributed by atoms with van der Waals surface area (Å²) in [5.41, 5.74) is 2.65. The van der Waals surface area contributed by atoms with Crippen molar-refractivity contribution in [1.29, 1.82) is 0 Å². The van der Waals surface area contributed by atoms with Crippen LogP contribution in [0.2, 0.25) is 0 Å². The Morgan fingerprint density at radius 1 is 1.21 bits per heavy atom.